The molecule has 0 aliphatic heterocycles. The summed E-state index contributed by atoms with van der Waals surface area (Å²) in [6, 6.07) is 0. The third kappa shape index (κ3) is 4.83. The fourth-order valence-electron chi connectivity index (χ4n) is 1.35. The van der Waals surface area contributed by atoms with Crippen LogP contribution in [0.25, 0.3) is 0 Å². The Balaban J connectivity index is 2.52. The Morgan fingerprint density at radius 2 is 2.18 bits per heavy atom. The summed E-state index contributed by atoms with van der Waals surface area (Å²) in [6.45, 7) is 8.15. The Labute approximate surface area is 107 Å². The second-order valence-electron chi connectivity index (χ2n) is 5.39. The molecule has 96 valence electrons. The van der Waals surface area contributed by atoms with Crippen LogP contribution in [0.1, 0.15) is 37.9 Å². The van der Waals surface area contributed by atoms with E-state index >= 15 is 0 Å². The van der Waals surface area contributed by atoms with Crippen LogP contribution in [0.4, 0.5) is 0 Å². The molecule has 3 N–H and O–H groups in total. The van der Waals surface area contributed by atoms with E-state index in [-0.39, 0.29) is 11.3 Å². The number of amidine groups is 1. The van der Waals surface area contributed by atoms with Gasteiger partial charge in [0.25, 0.3) is 0 Å². The summed E-state index contributed by atoms with van der Waals surface area (Å²) < 4.78 is 0. The lowest BCUT2D eigenvalue weighted by Crippen LogP contribution is -2.24. The highest BCUT2D eigenvalue weighted by Crippen LogP contribution is 2.24. The first-order chi connectivity index (χ1) is 7.79. The minimum Gasteiger partial charge on any atom is -0.388 e. The number of aromatic nitrogens is 1. The molecule has 0 saturated carbocycles. The van der Waals surface area contributed by atoms with Gasteiger partial charge < -0.3 is 5.73 Å². The summed E-state index contributed by atoms with van der Waals surface area (Å²) in [5, 5.41) is 10.5. The van der Waals surface area contributed by atoms with Gasteiger partial charge in [-0.25, -0.2) is 4.98 Å². The van der Waals surface area contributed by atoms with Crippen molar-refractivity contribution in [1.82, 2.24) is 9.88 Å². The quantitative estimate of drug-likeness (QED) is 0.625. The second-order valence-corrected chi connectivity index (χ2v) is 6.33. The lowest BCUT2D eigenvalue weighted by Gasteiger charge is -2.16. The van der Waals surface area contributed by atoms with Gasteiger partial charge in [0, 0.05) is 23.8 Å². The van der Waals surface area contributed by atoms with Gasteiger partial charge in [0.2, 0.25) is 0 Å². The fraction of sp³-hybridized carbons (Fsp3) is 0.667. The molecular formula is C12H22N4S. The fourth-order valence-corrected chi connectivity index (χ4v) is 2.45. The maximum atomic E-state index is 7.19. The number of nitrogens with one attached hydrogen (secondary N) is 1. The lowest BCUT2D eigenvalue weighted by molar-refractivity contribution is 0.335. The first kappa shape index (κ1) is 14.1. The molecule has 1 aromatic heterocycles. The molecule has 0 aliphatic rings. The van der Waals surface area contributed by atoms with Crippen molar-refractivity contribution in [3.63, 3.8) is 0 Å². The Bertz CT molecular complexity index is 378. The topological polar surface area (TPSA) is 66.0 Å². The molecule has 0 aliphatic carbocycles. The molecule has 0 spiro atoms. The largest absolute Gasteiger partial charge is 0.388 e. The van der Waals surface area contributed by atoms with E-state index in [0.29, 0.717) is 6.42 Å². The van der Waals surface area contributed by atoms with E-state index in [2.05, 4.69) is 36.0 Å². The summed E-state index contributed by atoms with van der Waals surface area (Å²) >= 11 is 1.70. The number of hydrogen-bond acceptors (Lipinski definition) is 4. The van der Waals surface area contributed by atoms with E-state index in [1.807, 2.05) is 7.05 Å². The molecule has 5 heteroatoms. The first-order valence-electron chi connectivity index (χ1n) is 5.75. The minimum absolute atomic E-state index is 0.118. The van der Waals surface area contributed by atoms with E-state index in [1.54, 1.807) is 11.3 Å². The molecule has 17 heavy (non-hydrogen) atoms. The predicted molar refractivity (Wildman–Crippen MR) is 73.7 cm³/mol. The highest BCUT2D eigenvalue weighted by molar-refractivity contribution is 7.09. The highest BCUT2D eigenvalue weighted by Gasteiger charge is 2.17. The third-order valence-corrected chi connectivity index (χ3v) is 3.32. The summed E-state index contributed by atoms with van der Waals surface area (Å²) in [5.41, 5.74) is 6.61. The average molecular weight is 254 g/mol. The Morgan fingerprint density at radius 1 is 1.53 bits per heavy atom. The molecule has 0 radical (unpaired) electrons. The van der Waals surface area contributed by atoms with Crippen LogP contribution in [0.5, 0.6) is 0 Å². The van der Waals surface area contributed by atoms with E-state index in [0.717, 1.165) is 23.8 Å². The molecule has 0 saturated heterocycles. The Kier molecular flexibility index (Phi) is 4.65. The Hall–Kier alpha value is -0.940. The van der Waals surface area contributed by atoms with Gasteiger partial charge in [0.05, 0.1) is 18.1 Å². The number of thiazole rings is 1. The molecule has 0 atom stereocenters. The van der Waals surface area contributed by atoms with Crippen LogP contribution in [-0.4, -0.2) is 29.3 Å². The third-order valence-electron chi connectivity index (χ3n) is 2.49. The van der Waals surface area contributed by atoms with Crippen LogP contribution in [0.2, 0.25) is 0 Å². The van der Waals surface area contributed by atoms with Crippen molar-refractivity contribution >= 4 is 17.2 Å². The molecular weight excluding hydrogens is 232 g/mol. The van der Waals surface area contributed by atoms with Crippen molar-refractivity contribution in [3.05, 3.63) is 16.1 Å². The molecule has 0 fully saturated rings. The summed E-state index contributed by atoms with van der Waals surface area (Å²) in [5.74, 6) is 0.242. The van der Waals surface area contributed by atoms with Gasteiger partial charge in [0.15, 0.2) is 0 Å². The molecule has 1 heterocycles. The van der Waals surface area contributed by atoms with E-state index < -0.39 is 0 Å². The van der Waals surface area contributed by atoms with Crippen molar-refractivity contribution in [3.8, 4) is 0 Å². The number of nitrogens with zero attached hydrogens (tertiary/aromatic N) is 2. The molecule has 1 rings (SSSR count). The minimum atomic E-state index is 0.118. The van der Waals surface area contributed by atoms with Gasteiger partial charge in [-0.05, 0) is 7.05 Å². The first-order valence-corrected chi connectivity index (χ1v) is 6.63. The van der Waals surface area contributed by atoms with E-state index in [4.69, 9.17) is 11.1 Å². The zero-order valence-corrected chi connectivity index (χ0v) is 11.9. The molecule has 0 unspecified atom stereocenters. The van der Waals surface area contributed by atoms with Crippen molar-refractivity contribution in [2.75, 3.05) is 13.6 Å². The number of rotatable bonds is 5. The van der Waals surface area contributed by atoms with Crippen LogP contribution in [0.3, 0.4) is 0 Å². The lowest BCUT2D eigenvalue weighted by atomic mass is 9.93. The van der Waals surface area contributed by atoms with Crippen LogP contribution >= 0.6 is 11.3 Å². The van der Waals surface area contributed by atoms with Gasteiger partial charge in [-0.3, -0.25) is 10.3 Å². The molecule has 0 bridgehead atoms. The molecule has 1 aromatic rings. The van der Waals surface area contributed by atoms with Gasteiger partial charge in [-0.2, -0.15) is 0 Å². The summed E-state index contributed by atoms with van der Waals surface area (Å²) in [6.07, 6.45) is 0.619. The standard InChI is InChI=1S/C12H22N4S/c1-12(2,3)9-8-17-11(15-9)7-16(4)6-5-10(13)14/h8H,5-7H2,1-4H3,(H3,13,14). The molecule has 0 amide bonds. The highest BCUT2D eigenvalue weighted by atomic mass is 32.1. The maximum Gasteiger partial charge on any atom is 0.107 e. The maximum absolute atomic E-state index is 7.19. The summed E-state index contributed by atoms with van der Waals surface area (Å²) in [4.78, 5) is 6.79. The van der Waals surface area contributed by atoms with Crippen LogP contribution in [-0.2, 0) is 12.0 Å². The van der Waals surface area contributed by atoms with Gasteiger partial charge in [-0.15, -0.1) is 11.3 Å². The van der Waals surface area contributed by atoms with Crippen LogP contribution in [0, 0.1) is 5.41 Å². The predicted octanol–water partition coefficient (Wildman–Crippen LogP) is 2.20. The number of nitrogens with two attached hydrogens (primary N) is 1. The molecule has 4 nitrogen and oxygen atoms in total. The van der Waals surface area contributed by atoms with Crippen molar-refractivity contribution in [2.24, 2.45) is 5.73 Å². The zero-order chi connectivity index (χ0) is 13.1. The van der Waals surface area contributed by atoms with E-state index in [9.17, 15) is 0 Å². The molecule has 0 aromatic carbocycles. The smallest absolute Gasteiger partial charge is 0.107 e. The van der Waals surface area contributed by atoms with Crippen molar-refractivity contribution in [1.29, 1.82) is 5.41 Å². The normalized spacial score (nSPS) is 12.1. The Morgan fingerprint density at radius 3 is 2.65 bits per heavy atom. The zero-order valence-electron chi connectivity index (χ0n) is 11.1. The van der Waals surface area contributed by atoms with Gasteiger partial charge in [-0.1, -0.05) is 20.8 Å². The summed E-state index contributed by atoms with van der Waals surface area (Å²) in [7, 11) is 2.03. The van der Waals surface area contributed by atoms with Crippen molar-refractivity contribution in [2.45, 2.75) is 39.2 Å². The van der Waals surface area contributed by atoms with Gasteiger partial charge in [0.1, 0.15) is 5.01 Å². The second kappa shape index (κ2) is 5.60. The number of hydrogen-bond donors (Lipinski definition) is 2. The average Bonchev–Trinajstić information content (AvgIpc) is 2.62. The van der Waals surface area contributed by atoms with Crippen molar-refractivity contribution < 1.29 is 0 Å². The van der Waals surface area contributed by atoms with E-state index in [1.165, 1.54) is 0 Å². The SMILES string of the molecule is CN(CCC(=N)N)Cc1nc(C(C)(C)C)cs1. The monoisotopic (exact) mass is 254 g/mol. The van der Waals surface area contributed by atoms with Gasteiger partial charge >= 0.3 is 0 Å². The van der Waals surface area contributed by atoms with Crippen LogP contribution < -0.4 is 5.73 Å². The van der Waals surface area contributed by atoms with Crippen LogP contribution in [0.15, 0.2) is 5.38 Å².